The van der Waals surface area contributed by atoms with Gasteiger partial charge < -0.3 is 14.9 Å². The van der Waals surface area contributed by atoms with Gasteiger partial charge in [0.05, 0.1) is 6.67 Å². The van der Waals surface area contributed by atoms with E-state index < -0.39 is 24.0 Å². The summed E-state index contributed by atoms with van der Waals surface area (Å²) in [6, 6.07) is 0. The van der Waals surface area contributed by atoms with Gasteiger partial charge >= 0.3 is 24.0 Å². The number of aliphatic carboxylic acids is 1. The molecule has 0 aromatic heterocycles. The fourth-order valence-corrected chi connectivity index (χ4v) is 1.41. The van der Waals surface area contributed by atoms with Crippen LogP contribution in [0.1, 0.15) is 19.8 Å². The van der Waals surface area contributed by atoms with Crippen LogP contribution in [0.3, 0.4) is 0 Å². The van der Waals surface area contributed by atoms with Gasteiger partial charge in [-0.2, -0.15) is 30.7 Å². The van der Waals surface area contributed by atoms with E-state index in [4.69, 9.17) is 5.11 Å². The summed E-state index contributed by atoms with van der Waals surface area (Å²) < 4.78 is 80.5. The lowest BCUT2D eigenvalue weighted by atomic mass is 10.1. The van der Waals surface area contributed by atoms with Crippen LogP contribution in [0.2, 0.25) is 0 Å². The Morgan fingerprint density at radius 2 is 1.65 bits per heavy atom. The first kappa shape index (κ1) is 21.3. The van der Waals surface area contributed by atoms with Crippen LogP contribution in [0.4, 0.5) is 30.7 Å². The maximum Gasteiger partial charge on any atom is 0.460 e. The van der Waals surface area contributed by atoms with Crippen molar-refractivity contribution in [3.63, 3.8) is 0 Å². The maximum absolute atomic E-state index is 11.8. The first-order valence-electron chi connectivity index (χ1n) is 6.45. The van der Waals surface area contributed by atoms with E-state index in [0.29, 0.717) is 0 Å². The number of rotatable bonds is 5. The normalized spacial score (nSPS) is 15.5. The number of carboxylic acid groups (broad SMARTS) is 1. The van der Waals surface area contributed by atoms with Crippen LogP contribution in [-0.4, -0.2) is 59.2 Å². The molecular formula is C12H17F7N2O2. The molecule has 0 atom stereocenters. The van der Waals surface area contributed by atoms with E-state index in [0.717, 1.165) is 6.67 Å². The first-order chi connectivity index (χ1) is 10.3. The van der Waals surface area contributed by atoms with Crippen LogP contribution in [0.15, 0.2) is 12.4 Å². The molecule has 0 amide bonds. The highest BCUT2D eigenvalue weighted by Gasteiger charge is 2.76. The highest BCUT2D eigenvalue weighted by Crippen LogP contribution is 2.46. The van der Waals surface area contributed by atoms with Crippen molar-refractivity contribution in [1.82, 2.24) is 9.80 Å². The summed E-state index contributed by atoms with van der Waals surface area (Å²) in [6.45, 7) is 4.50. The Kier molecular flexibility index (Phi) is 7.17. The average molecular weight is 354 g/mol. The van der Waals surface area contributed by atoms with Crippen molar-refractivity contribution in [2.45, 2.75) is 37.8 Å². The fraction of sp³-hybridized carbons (Fsp3) is 0.750. The Balaban J connectivity index is 0.000000433. The van der Waals surface area contributed by atoms with Gasteiger partial charge in [0.1, 0.15) is 0 Å². The van der Waals surface area contributed by atoms with E-state index in [-0.39, 0.29) is 0 Å². The fourth-order valence-electron chi connectivity index (χ4n) is 1.41. The third kappa shape index (κ3) is 5.47. The molecule has 4 nitrogen and oxygen atoms in total. The minimum Gasteiger partial charge on any atom is -0.477 e. The van der Waals surface area contributed by atoms with Crippen LogP contribution in [0.25, 0.3) is 0 Å². The van der Waals surface area contributed by atoms with Gasteiger partial charge in [-0.1, -0.05) is 13.3 Å². The zero-order chi connectivity index (χ0) is 18.5. The van der Waals surface area contributed by atoms with Crippen molar-refractivity contribution < 1.29 is 40.6 Å². The van der Waals surface area contributed by atoms with Crippen LogP contribution in [-0.2, 0) is 4.79 Å². The van der Waals surface area contributed by atoms with E-state index in [1.165, 1.54) is 19.4 Å². The van der Waals surface area contributed by atoms with Gasteiger partial charge in [0.15, 0.2) is 0 Å². The monoisotopic (exact) mass is 354 g/mol. The van der Waals surface area contributed by atoms with Crippen molar-refractivity contribution in [2.24, 2.45) is 0 Å². The Labute approximate surface area is 128 Å². The summed E-state index contributed by atoms with van der Waals surface area (Å²) in [4.78, 5) is 13.9. The number of alkyl halides is 7. The molecule has 0 aromatic rings. The minimum absolute atomic E-state index is 1.07. The number of carboxylic acids is 1. The Bertz CT molecular complexity index is 424. The van der Waals surface area contributed by atoms with E-state index in [9.17, 15) is 35.5 Å². The second-order valence-electron chi connectivity index (χ2n) is 4.81. The number of hydrogen-bond acceptors (Lipinski definition) is 3. The molecule has 0 saturated carbocycles. The molecule has 0 aliphatic carbocycles. The Morgan fingerprint density at radius 3 is 1.91 bits per heavy atom. The molecule has 1 rings (SSSR count). The van der Waals surface area contributed by atoms with E-state index in [2.05, 4.69) is 36.2 Å². The van der Waals surface area contributed by atoms with Crippen molar-refractivity contribution in [3.05, 3.63) is 12.4 Å². The third-order valence-electron chi connectivity index (χ3n) is 2.75. The Morgan fingerprint density at radius 1 is 1.13 bits per heavy atom. The molecule has 1 heterocycles. The molecule has 1 N–H and O–H groups in total. The van der Waals surface area contributed by atoms with E-state index in [1.54, 1.807) is 0 Å². The predicted molar refractivity (Wildman–Crippen MR) is 67.0 cm³/mol. The summed E-state index contributed by atoms with van der Waals surface area (Å²) in [5, 5.41) is 7.41. The molecule has 1 aliphatic rings. The maximum atomic E-state index is 11.8. The number of carbonyl (C=O) groups is 1. The summed E-state index contributed by atoms with van der Waals surface area (Å²) in [6.07, 6.45) is 0.270. The van der Waals surface area contributed by atoms with Crippen LogP contribution in [0.5, 0.6) is 0 Å². The standard InChI is InChI=1S/C8H16N2.C4HF7O2/c1-3-4-5-10-7-6-9(2)8-10;5-2(6,1(12)13)3(7,8)4(9,10)11/h6-7H,3-5,8H2,1-2H3;(H,12,13). The highest BCUT2D eigenvalue weighted by molar-refractivity contribution is 5.76. The lowest BCUT2D eigenvalue weighted by molar-refractivity contribution is -0.347. The van der Waals surface area contributed by atoms with Gasteiger partial charge in [0, 0.05) is 26.0 Å². The van der Waals surface area contributed by atoms with Crippen LogP contribution in [0, 0.1) is 0 Å². The molecule has 0 bridgehead atoms. The molecule has 11 heteroatoms. The van der Waals surface area contributed by atoms with Gasteiger partial charge in [0.2, 0.25) is 0 Å². The highest BCUT2D eigenvalue weighted by atomic mass is 19.4. The average Bonchev–Trinajstić information content (AvgIpc) is 2.81. The number of unbranched alkanes of at least 4 members (excludes halogenated alkanes) is 1. The summed E-state index contributed by atoms with van der Waals surface area (Å²) in [5.41, 5.74) is 0. The number of nitrogens with zero attached hydrogens (tertiary/aromatic N) is 2. The number of halogens is 7. The zero-order valence-electron chi connectivity index (χ0n) is 12.4. The van der Waals surface area contributed by atoms with E-state index >= 15 is 0 Å². The first-order valence-corrected chi connectivity index (χ1v) is 6.45. The van der Waals surface area contributed by atoms with Crippen molar-refractivity contribution in [1.29, 1.82) is 0 Å². The lowest BCUT2D eigenvalue weighted by Crippen LogP contribution is -2.56. The van der Waals surface area contributed by atoms with Crippen molar-refractivity contribution in [2.75, 3.05) is 20.3 Å². The SMILES string of the molecule is CCCCN1C=CN(C)C1.O=C(O)C(F)(F)C(F)(F)C(F)(F)F. The molecule has 0 radical (unpaired) electrons. The molecule has 0 saturated heterocycles. The minimum atomic E-state index is -6.60. The molecule has 23 heavy (non-hydrogen) atoms. The molecule has 136 valence electrons. The van der Waals surface area contributed by atoms with Gasteiger partial charge in [-0.05, 0) is 6.42 Å². The van der Waals surface area contributed by atoms with E-state index in [1.807, 2.05) is 0 Å². The summed E-state index contributed by atoms with van der Waals surface area (Å²) in [5.74, 6) is -16.3. The van der Waals surface area contributed by atoms with Gasteiger partial charge in [0.25, 0.3) is 0 Å². The Hall–Kier alpha value is -1.68. The molecular weight excluding hydrogens is 337 g/mol. The van der Waals surface area contributed by atoms with Crippen LogP contribution < -0.4 is 0 Å². The molecule has 0 aromatic carbocycles. The van der Waals surface area contributed by atoms with Gasteiger partial charge in [-0.25, -0.2) is 4.79 Å². The molecule has 0 spiro atoms. The molecule has 1 aliphatic heterocycles. The lowest BCUT2D eigenvalue weighted by Gasteiger charge is -2.24. The second-order valence-corrected chi connectivity index (χ2v) is 4.81. The topological polar surface area (TPSA) is 43.8 Å². The third-order valence-corrected chi connectivity index (χ3v) is 2.75. The van der Waals surface area contributed by atoms with Gasteiger partial charge in [-0.3, -0.25) is 0 Å². The number of hydrogen-bond donors (Lipinski definition) is 1. The van der Waals surface area contributed by atoms with Crippen molar-refractivity contribution >= 4 is 5.97 Å². The molecule has 0 fully saturated rings. The predicted octanol–water partition coefficient (Wildman–Crippen LogP) is 3.37. The zero-order valence-corrected chi connectivity index (χ0v) is 12.4. The van der Waals surface area contributed by atoms with Crippen LogP contribution >= 0.6 is 0 Å². The quantitative estimate of drug-likeness (QED) is 0.769. The summed E-state index contributed by atoms with van der Waals surface area (Å²) in [7, 11) is 2.10. The molecule has 0 unspecified atom stereocenters. The second kappa shape index (κ2) is 7.73. The van der Waals surface area contributed by atoms with Gasteiger partial charge in [-0.15, -0.1) is 0 Å². The summed E-state index contributed by atoms with van der Waals surface area (Å²) >= 11 is 0. The van der Waals surface area contributed by atoms with Crippen molar-refractivity contribution in [3.8, 4) is 0 Å². The smallest absolute Gasteiger partial charge is 0.460 e. The largest absolute Gasteiger partial charge is 0.477 e.